The summed E-state index contributed by atoms with van der Waals surface area (Å²) in [6.45, 7) is 20.8. The van der Waals surface area contributed by atoms with Crippen LogP contribution in [0.3, 0.4) is 0 Å². The van der Waals surface area contributed by atoms with Gasteiger partial charge in [0.25, 0.3) is 0 Å². The molecule has 6 aliphatic carbocycles. The molecular weight excluding hydrogens is 849 g/mol. The topological polar surface area (TPSA) is 112 Å². The maximum Gasteiger partial charge on any atom is 0.334 e. The molecule has 5 fully saturated rings. The average molecular weight is 937 g/mol. The third-order valence-corrected chi connectivity index (χ3v) is 20.0. The molecule has 6 aliphatic rings. The maximum atomic E-state index is 13.9. The molecule has 8 nitrogen and oxygen atoms in total. The van der Waals surface area contributed by atoms with Crippen molar-refractivity contribution in [3.8, 4) is 11.5 Å². The predicted octanol–water partition coefficient (Wildman–Crippen LogP) is 12.7. The van der Waals surface area contributed by atoms with E-state index >= 15 is 0 Å². The van der Waals surface area contributed by atoms with Gasteiger partial charge in [-0.3, -0.25) is 4.79 Å². The maximum absolute atomic E-state index is 13.9. The van der Waals surface area contributed by atoms with E-state index in [4.69, 9.17) is 18.9 Å². The van der Waals surface area contributed by atoms with Crippen molar-refractivity contribution in [3.63, 3.8) is 0 Å². The molecule has 2 N–H and O–H groups in total. The Kier molecular flexibility index (Phi) is 15.6. The first-order chi connectivity index (χ1) is 32.3. The Labute approximate surface area is 410 Å². The average Bonchev–Trinajstić information content (AvgIpc) is 3.33. The highest BCUT2D eigenvalue weighted by Gasteiger charge is 2.60. The molecule has 0 radical (unpaired) electrons. The van der Waals surface area contributed by atoms with Crippen LogP contribution in [0, 0.1) is 75.4 Å². The van der Waals surface area contributed by atoms with Gasteiger partial charge in [0, 0.05) is 11.0 Å². The van der Waals surface area contributed by atoms with E-state index in [9.17, 15) is 19.8 Å². The Bertz CT molecular complexity index is 2050. The van der Waals surface area contributed by atoms with E-state index in [1.165, 1.54) is 57.8 Å². The molecule has 2 aromatic carbocycles. The number of aliphatic hydroxyl groups is 2. The molecule has 0 heterocycles. The Morgan fingerprint density at radius 2 is 1.15 bits per heavy atom. The fourth-order valence-electron chi connectivity index (χ4n) is 15.7. The van der Waals surface area contributed by atoms with Gasteiger partial charge in [0.2, 0.25) is 0 Å². The van der Waals surface area contributed by atoms with Crippen LogP contribution in [0.2, 0.25) is 0 Å². The van der Waals surface area contributed by atoms with Crippen molar-refractivity contribution in [2.24, 2.45) is 75.4 Å². The van der Waals surface area contributed by atoms with E-state index in [1.807, 2.05) is 48.5 Å². The Morgan fingerprint density at radius 1 is 0.632 bits per heavy atom. The number of allylic oxidation sites excluding steroid dienone is 1. The SMILES string of the molecule is CC(C)C1CCC2C(CCC3C(C(=O)OCC(O)COc4ccc(C(C)(C)c5ccc(OCC(O)COC(=O)C6(C)CCCC7(C)C8CCC(C(C)C)CC8CCC67)cc5)cc4)=CCCC32C)C1. The molecule has 0 aromatic heterocycles. The summed E-state index contributed by atoms with van der Waals surface area (Å²) in [5.41, 5.74) is 2.49. The molecule has 376 valence electrons. The van der Waals surface area contributed by atoms with Crippen LogP contribution < -0.4 is 9.47 Å². The van der Waals surface area contributed by atoms with Gasteiger partial charge in [-0.05, 0) is 202 Å². The van der Waals surface area contributed by atoms with Gasteiger partial charge in [0.15, 0.2) is 0 Å². The summed E-state index contributed by atoms with van der Waals surface area (Å²) in [6.07, 6.45) is 17.8. The minimum atomic E-state index is -0.939. The molecule has 13 atom stereocenters. The molecular formula is C60H88O8. The summed E-state index contributed by atoms with van der Waals surface area (Å²) >= 11 is 0. The van der Waals surface area contributed by atoms with Crippen LogP contribution in [-0.4, -0.2) is 60.8 Å². The minimum absolute atomic E-state index is 0.0225. The number of fused-ring (bicyclic) bond motifs is 6. The fraction of sp³-hybridized carbons (Fsp3) is 0.733. The second-order valence-corrected chi connectivity index (χ2v) is 24.9. The van der Waals surface area contributed by atoms with Crippen molar-refractivity contribution in [1.29, 1.82) is 0 Å². The molecule has 0 aliphatic heterocycles. The summed E-state index contributed by atoms with van der Waals surface area (Å²) in [5, 5.41) is 21.7. The van der Waals surface area contributed by atoms with Crippen molar-refractivity contribution in [2.45, 2.75) is 176 Å². The van der Waals surface area contributed by atoms with Crippen LogP contribution in [0.25, 0.3) is 0 Å². The number of carbonyl (C=O) groups is 2. The number of hydrogen-bond donors (Lipinski definition) is 2. The van der Waals surface area contributed by atoms with Crippen LogP contribution >= 0.6 is 0 Å². The van der Waals surface area contributed by atoms with Gasteiger partial charge in [-0.15, -0.1) is 0 Å². The van der Waals surface area contributed by atoms with Gasteiger partial charge in [0.1, 0.15) is 50.1 Å². The number of benzene rings is 2. The number of esters is 2. The van der Waals surface area contributed by atoms with Crippen molar-refractivity contribution < 1.29 is 38.7 Å². The summed E-state index contributed by atoms with van der Waals surface area (Å²) in [4.78, 5) is 27.4. The van der Waals surface area contributed by atoms with Crippen LogP contribution in [0.5, 0.6) is 11.5 Å². The van der Waals surface area contributed by atoms with Gasteiger partial charge < -0.3 is 29.2 Å². The van der Waals surface area contributed by atoms with Crippen LogP contribution in [-0.2, 0) is 24.5 Å². The van der Waals surface area contributed by atoms with Gasteiger partial charge in [-0.25, -0.2) is 4.79 Å². The highest BCUT2D eigenvalue weighted by Crippen LogP contribution is 2.65. The van der Waals surface area contributed by atoms with Crippen LogP contribution in [0.4, 0.5) is 0 Å². The molecule has 5 saturated carbocycles. The smallest absolute Gasteiger partial charge is 0.334 e. The van der Waals surface area contributed by atoms with Crippen molar-refractivity contribution >= 4 is 11.9 Å². The first kappa shape index (κ1) is 51.0. The van der Waals surface area contributed by atoms with Crippen LogP contribution in [0.15, 0.2) is 60.2 Å². The number of rotatable bonds is 16. The molecule has 0 spiro atoms. The summed E-state index contributed by atoms with van der Waals surface area (Å²) < 4.78 is 23.7. The molecule has 2 aromatic rings. The quantitative estimate of drug-likeness (QED) is 0.160. The van der Waals surface area contributed by atoms with Crippen molar-refractivity contribution in [1.82, 2.24) is 0 Å². The lowest BCUT2D eigenvalue weighted by atomic mass is 9.43. The molecule has 8 rings (SSSR count). The van der Waals surface area contributed by atoms with E-state index in [0.29, 0.717) is 29.3 Å². The van der Waals surface area contributed by atoms with E-state index in [0.717, 1.165) is 90.7 Å². The normalized spacial score (nSPS) is 34.6. The lowest BCUT2D eigenvalue weighted by molar-refractivity contribution is -0.181. The minimum Gasteiger partial charge on any atom is -0.491 e. The van der Waals surface area contributed by atoms with Gasteiger partial charge in [0.05, 0.1) is 5.41 Å². The Balaban J connectivity index is 0.761. The molecule has 68 heavy (non-hydrogen) atoms. The highest BCUT2D eigenvalue weighted by atomic mass is 16.6. The summed E-state index contributed by atoms with van der Waals surface area (Å²) in [5.74, 6) is 7.46. The van der Waals surface area contributed by atoms with Crippen molar-refractivity contribution in [2.75, 3.05) is 26.4 Å². The monoisotopic (exact) mass is 937 g/mol. The number of hydrogen-bond acceptors (Lipinski definition) is 8. The lowest BCUT2D eigenvalue weighted by Crippen LogP contribution is -2.56. The van der Waals surface area contributed by atoms with Crippen LogP contribution in [0.1, 0.15) is 170 Å². The van der Waals surface area contributed by atoms with Gasteiger partial charge >= 0.3 is 11.9 Å². The van der Waals surface area contributed by atoms with Gasteiger partial charge in [-0.2, -0.15) is 0 Å². The van der Waals surface area contributed by atoms with E-state index in [1.54, 1.807) is 0 Å². The second kappa shape index (κ2) is 20.8. The summed E-state index contributed by atoms with van der Waals surface area (Å²) in [7, 11) is 0. The van der Waals surface area contributed by atoms with E-state index < -0.39 is 17.6 Å². The lowest BCUT2D eigenvalue weighted by Gasteiger charge is -2.61. The largest absolute Gasteiger partial charge is 0.491 e. The molecule has 0 bridgehead atoms. The molecule has 0 amide bonds. The Hall–Kier alpha value is -3.36. The highest BCUT2D eigenvalue weighted by molar-refractivity contribution is 5.89. The Morgan fingerprint density at radius 3 is 1.69 bits per heavy atom. The zero-order valence-corrected chi connectivity index (χ0v) is 43.4. The third kappa shape index (κ3) is 10.4. The predicted molar refractivity (Wildman–Crippen MR) is 269 cm³/mol. The fourth-order valence-corrected chi connectivity index (χ4v) is 15.7. The zero-order chi connectivity index (χ0) is 48.6. The van der Waals surface area contributed by atoms with Crippen molar-refractivity contribution in [3.05, 3.63) is 71.3 Å². The standard InChI is InChI=1S/C60H88O8/c1-38(2)40-13-25-51-42(32-40)15-27-53-50(12-10-29-58(51,53)7)55(63)67-36-46(61)34-65-48-21-17-44(18-22-48)57(5,6)45-19-23-49(24-20-45)66-35-47(62)37-68-56(64)60(9)31-11-30-59(8)52-26-14-41(39(3)4)33-43(52)16-28-54(59)60/h12,17-24,38-43,46-47,51-54,61-62H,10-11,13-16,25-37H2,1-9H3. The van der Waals surface area contributed by atoms with E-state index in [-0.39, 0.29) is 60.5 Å². The third-order valence-electron chi connectivity index (χ3n) is 20.0. The first-order valence-corrected chi connectivity index (χ1v) is 27.2. The molecule has 0 saturated heterocycles. The number of carbonyl (C=O) groups excluding carboxylic acids is 2. The van der Waals surface area contributed by atoms with Gasteiger partial charge in [-0.1, -0.05) is 92.2 Å². The number of aliphatic hydroxyl groups excluding tert-OH is 2. The second-order valence-electron chi connectivity index (χ2n) is 24.9. The molecule has 8 heteroatoms. The number of ether oxygens (including phenoxy) is 4. The summed E-state index contributed by atoms with van der Waals surface area (Å²) in [6, 6.07) is 15.8. The molecule has 13 unspecified atom stereocenters. The first-order valence-electron chi connectivity index (χ1n) is 27.2. The van der Waals surface area contributed by atoms with E-state index in [2.05, 4.69) is 68.4 Å². The zero-order valence-electron chi connectivity index (χ0n) is 43.4.